The highest BCUT2D eigenvalue weighted by molar-refractivity contribution is 5.85. The Bertz CT molecular complexity index is 324. The molecule has 2 aliphatic rings. The molecule has 1 unspecified atom stereocenters. The minimum atomic E-state index is -0.361. The van der Waals surface area contributed by atoms with Gasteiger partial charge in [-0.15, -0.1) is 0 Å². The summed E-state index contributed by atoms with van der Waals surface area (Å²) in [6, 6.07) is 0.451. The number of likely N-dealkylation sites (tertiary alicyclic amines) is 1. The molecule has 4 nitrogen and oxygen atoms in total. The number of hydrogen-bond acceptors (Lipinski definition) is 3. The number of carbonyl (C=O) groups is 1. The van der Waals surface area contributed by atoms with Crippen LogP contribution < -0.4 is 5.32 Å². The van der Waals surface area contributed by atoms with Crippen LogP contribution in [0.25, 0.3) is 0 Å². The number of carbonyl (C=O) groups excluding carboxylic acids is 1. The van der Waals surface area contributed by atoms with E-state index < -0.39 is 0 Å². The van der Waals surface area contributed by atoms with Crippen LogP contribution in [0, 0.1) is 0 Å². The van der Waals surface area contributed by atoms with E-state index in [-0.39, 0.29) is 5.54 Å². The van der Waals surface area contributed by atoms with Gasteiger partial charge in [-0.25, -0.2) is 0 Å². The van der Waals surface area contributed by atoms with E-state index in [1.54, 1.807) is 0 Å². The molecule has 2 fully saturated rings. The molecular formula is C16H31N3O. The summed E-state index contributed by atoms with van der Waals surface area (Å²) in [5, 5.41) is 3.37. The molecule has 0 saturated carbocycles. The molecule has 4 heteroatoms. The zero-order chi connectivity index (χ0) is 14.6. The normalized spacial score (nSPS) is 26.4. The van der Waals surface area contributed by atoms with Gasteiger partial charge in [-0.3, -0.25) is 9.69 Å². The van der Waals surface area contributed by atoms with Crippen molar-refractivity contribution >= 4 is 5.91 Å². The standard InChI is InChI=1S/C16H31N3O/c1-4-14-8-6-5-7-11-19(14)15(20)16(2,3)18-12-9-17-10-13-18/h14,17H,4-13H2,1-3H3. The summed E-state index contributed by atoms with van der Waals surface area (Å²) in [6.45, 7) is 11.3. The fourth-order valence-electron chi connectivity index (χ4n) is 3.58. The first-order valence-corrected chi connectivity index (χ1v) is 8.34. The van der Waals surface area contributed by atoms with Crippen molar-refractivity contribution < 1.29 is 4.79 Å². The van der Waals surface area contributed by atoms with E-state index in [9.17, 15) is 4.79 Å². The highest BCUT2D eigenvalue weighted by Crippen LogP contribution is 2.25. The topological polar surface area (TPSA) is 35.6 Å². The quantitative estimate of drug-likeness (QED) is 0.857. The van der Waals surface area contributed by atoms with E-state index in [1.807, 2.05) is 0 Å². The van der Waals surface area contributed by atoms with Gasteiger partial charge in [0, 0.05) is 38.8 Å². The first-order valence-electron chi connectivity index (χ1n) is 8.34. The van der Waals surface area contributed by atoms with Crippen molar-refractivity contribution in [1.82, 2.24) is 15.1 Å². The largest absolute Gasteiger partial charge is 0.338 e. The average Bonchev–Trinajstić information content (AvgIpc) is 2.72. The Labute approximate surface area is 123 Å². The maximum absolute atomic E-state index is 13.1. The smallest absolute Gasteiger partial charge is 0.242 e. The molecule has 2 rings (SSSR count). The number of piperazine rings is 1. The summed E-state index contributed by atoms with van der Waals surface area (Å²) >= 11 is 0. The van der Waals surface area contributed by atoms with Gasteiger partial charge in [0.25, 0.3) is 0 Å². The zero-order valence-corrected chi connectivity index (χ0v) is 13.5. The first kappa shape index (κ1) is 15.8. The monoisotopic (exact) mass is 281 g/mol. The molecule has 1 N–H and O–H groups in total. The van der Waals surface area contributed by atoms with Crippen molar-refractivity contribution in [2.45, 2.75) is 64.5 Å². The molecule has 1 amide bonds. The van der Waals surface area contributed by atoms with Gasteiger partial charge in [0.1, 0.15) is 0 Å². The second kappa shape index (κ2) is 6.90. The SMILES string of the molecule is CCC1CCCCCN1C(=O)C(C)(C)N1CCNCC1. The predicted molar refractivity (Wildman–Crippen MR) is 82.8 cm³/mol. The third kappa shape index (κ3) is 3.34. The van der Waals surface area contributed by atoms with Crippen LogP contribution in [-0.2, 0) is 4.79 Å². The molecule has 0 bridgehead atoms. The van der Waals surface area contributed by atoms with Crippen molar-refractivity contribution in [3.8, 4) is 0 Å². The van der Waals surface area contributed by atoms with Crippen LogP contribution in [0.2, 0.25) is 0 Å². The molecule has 2 saturated heterocycles. The number of hydrogen-bond donors (Lipinski definition) is 1. The first-order chi connectivity index (χ1) is 9.57. The van der Waals surface area contributed by atoms with E-state index in [0.29, 0.717) is 11.9 Å². The predicted octanol–water partition coefficient (Wildman–Crippen LogP) is 1.85. The van der Waals surface area contributed by atoms with E-state index in [1.165, 1.54) is 25.7 Å². The highest BCUT2D eigenvalue weighted by Gasteiger charge is 2.40. The molecule has 20 heavy (non-hydrogen) atoms. The lowest BCUT2D eigenvalue weighted by Gasteiger charge is -2.44. The highest BCUT2D eigenvalue weighted by atomic mass is 16.2. The van der Waals surface area contributed by atoms with E-state index in [0.717, 1.165) is 39.1 Å². The Balaban J connectivity index is 2.09. The molecule has 0 aliphatic carbocycles. The lowest BCUT2D eigenvalue weighted by molar-refractivity contribution is -0.145. The molecule has 2 aliphatic heterocycles. The van der Waals surface area contributed by atoms with Crippen molar-refractivity contribution in [2.24, 2.45) is 0 Å². The number of nitrogens with zero attached hydrogens (tertiary/aromatic N) is 2. The third-order valence-electron chi connectivity index (χ3n) is 5.04. The summed E-state index contributed by atoms with van der Waals surface area (Å²) in [7, 11) is 0. The zero-order valence-electron chi connectivity index (χ0n) is 13.5. The van der Waals surface area contributed by atoms with Crippen molar-refractivity contribution in [1.29, 1.82) is 0 Å². The second-order valence-electron chi connectivity index (χ2n) is 6.71. The van der Waals surface area contributed by atoms with Gasteiger partial charge in [0.05, 0.1) is 5.54 Å². The third-order valence-corrected chi connectivity index (χ3v) is 5.04. The van der Waals surface area contributed by atoms with Crippen LogP contribution in [-0.4, -0.2) is 60.0 Å². The van der Waals surface area contributed by atoms with Crippen molar-refractivity contribution in [3.63, 3.8) is 0 Å². The number of nitrogens with one attached hydrogen (secondary N) is 1. The molecular weight excluding hydrogens is 250 g/mol. The minimum Gasteiger partial charge on any atom is -0.338 e. The van der Waals surface area contributed by atoms with E-state index >= 15 is 0 Å². The van der Waals surface area contributed by atoms with Gasteiger partial charge in [0.15, 0.2) is 0 Å². The van der Waals surface area contributed by atoms with Crippen LogP contribution in [0.3, 0.4) is 0 Å². The molecule has 0 aromatic heterocycles. The lowest BCUT2D eigenvalue weighted by Crippen LogP contribution is -2.61. The van der Waals surface area contributed by atoms with Gasteiger partial charge in [-0.1, -0.05) is 19.8 Å². The molecule has 1 atom stereocenters. The van der Waals surface area contributed by atoms with Gasteiger partial charge in [-0.05, 0) is 33.1 Å². The van der Waals surface area contributed by atoms with E-state index in [2.05, 4.69) is 35.9 Å². The Kier molecular flexibility index (Phi) is 5.44. The van der Waals surface area contributed by atoms with Crippen LogP contribution in [0.15, 0.2) is 0 Å². The maximum atomic E-state index is 13.1. The van der Waals surface area contributed by atoms with Gasteiger partial charge < -0.3 is 10.2 Å². The maximum Gasteiger partial charge on any atom is 0.242 e. The Morgan fingerprint density at radius 2 is 1.85 bits per heavy atom. The van der Waals surface area contributed by atoms with Crippen molar-refractivity contribution in [3.05, 3.63) is 0 Å². The Morgan fingerprint density at radius 1 is 1.15 bits per heavy atom. The molecule has 0 spiro atoms. The van der Waals surface area contributed by atoms with Gasteiger partial charge in [-0.2, -0.15) is 0 Å². The van der Waals surface area contributed by atoms with Gasteiger partial charge >= 0.3 is 0 Å². The van der Waals surface area contributed by atoms with Gasteiger partial charge in [0.2, 0.25) is 5.91 Å². The lowest BCUT2D eigenvalue weighted by atomic mass is 9.97. The Hall–Kier alpha value is -0.610. The van der Waals surface area contributed by atoms with Crippen LogP contribution >= 0.6 is 0 Å². The molecule has 0 radical (unpaired) electrons. The number of rotatable bonds is 3. The molecule has 116 valence electrons. The summed E-state index contributed by atoms with van der Waals surface area (Å²) in [6.07, 6.45) is 5.98. The summed E-state index contributed by atoms with van der Waals surface area (Å²) in [4.78, 5) is 17.6. The van der Waals surface area contributed by atoms with Crippen LogP contribution in [0.4, 0.5) is 0 Å². The fraction of sp³-hybridized carbons (Fsp3) is 0.938. The molecule has 0 aromatic rings. The van der Waals surface area contributed by atoms with Crippen LogP contribution in [0.5, 0.6) is 0 Å². The summed E-state index contributed by atoms with van der Waals surface area (Å²) < 4.78 is 0. The summed E-state index contributed by atoms with van der Waals surface area (Å²) in [5.41, 5.74) is -0.361. The fourth-order valence-corrected chi connectivity index (χ4v) is 3.58. The van der Waals surface area contributed by atoms with E-state index in [4.69, 9.17) is 0 Å². The average molecular weight is 281 g/mol. The van der Waals surface area contributed by atoms with Crippen LogP contribution in [0.1, 0.15) is 52.9 Å². The summed E-state index contributed by atoms with van der Waals surface area (Å²) in [5.74, 6) is 0.341. The Morgan fingerprint density at radius 3 is 2.50 bits per heavy atom. The van der Waals surface area contributed by atoms with Crippen molar-refractivity contribution in [2.75, 3.05) is 32.7 Å². The second-order valence-corrected chi connectivity index (χ2v) is 6.71. The molecule has 0 aromatic carbocycles. The minimum absolute atomic E-state index is 0.341. The number of amides is 1. The molecule has 2 heterocycles.